The van der Waals surface area contributed by atoms with E-state index >= 15 is 0 Å². The second-order valence-electron chi connectivity index (χ2n) is 18.8. The van der Waals surface area contributed by atoms with E-state index in [9.17, 15) is 65.8 Å². The molecule has 0 aliphatic carbocycles. The van der Waals surface area contributed by atoms with Crippen molar-refractivity contribution < 1.29 is 113 Å². The highest BCUT2D eigenvalue weighted by Gasteiger charge is 2.53. The summed E-state index contributed by atoms with van der Waals surface area (Å²) in [7, 11) is 0. The largest absolute Gasteiger partial charge is 0.481 e. The molecular formula is C47H76O23. The Morgan fingerprint density at radius 2 is 1.06 bits per heavy atom. The number of carbonyl (C=O) groups is 2. The van der Waals surface area contributed by atoms with E-state index in [-0.39, 0.29) is 6.61 Å². The van der Waals surface area contributed by atoms with E-state index < -0.39 is 160 Å². The first-order valence-corrected chi connectivity index (χ1v) is 23.5. The maximum absolute atomic E-state index is 12.1. The lowest BCUT2D eigenvalue weighted by molar-refractivity contribution is -0.363. The van der Waals surface area contributed by atoms with Crippen LogP contribution in [0.25, 0.3) is 0 Å². The maximum atomic E-state index is 12.1. The summed E-state index contributed by atoms with van der Waals surface area (Å²) in [5, 5.41) is 124. The second-order valence-corrected chi connectivity index (χ2v) is 18.8. The zero-order valence-electron chi connectivity index (χ0n) is 40.5. The molecule has 4 saturated heterocycles. The number of hydrogen-bond acceptors (Lipinski definition) is 22. The SMILES string of the molecule is C=C[C@](C)(CC/C=C(\C)CC/C=C(\C)CC/C=C(/C)CO[C@@H]1O[C@H](CO)[C@H](O[C@@H]2O[C@@H](C)[C@H](O)[C@@H](O)[C@H]2O)[C@H](O)[C@H]1O)O[C@@H]1O[C@H](COC(=O)CC(=O)O)[C@@H](O[C@@H]2O[C@@H](C)[C@H](O)[C@@H](O)[C@H]2O)[C@H](O)[C@H]1O. The van der Waals surface area contributed by atoms with Crippen molar-refractivity contribution in [1.82, 2.24) is 0 Å². The molecule has 4 aliphatic rings. The minimum atomic E-state index is -1.80. The lowest BCUT2D eigenvalue weighted by Gasteiger charge is -2.47. The maximum Gasteiger partial charge on any atom is 0.317 e. The van der Waals surface area contributed by atoms with Gasteiger partial charge in [0.1, 0.15) is 98.5 Å². The summed E-state index contributed by atoms with van der Waals surface area (Å²) in [6.45, 7) is 13.1. The van der Waals surface area contributed by atoms with Crippen molar-refractivity contribution in [3.05, 3.63) is 47.6 Å². The number of esters is 1. The minimum Gasteiger partial charge on any atom is -0.481 e. The molecule has 402 valence electrons. The van der Waals surface area contributed by atoms with Crippen molar-refractivity contribution in [2.24, 2.45) is 0 Å². The van der Waals surface area contributed by atoms with Crippen LogP contribution >= 0.6 is 0 Å². The normalized spacial score (nSPS) is 39.8. The van der Waals surface area contributed by atoms with E-state index in [2.05, 4.69) is 12.7 Å². The van der Waals surface area contributed by atoms with Gasteiger partial charge in [0.2, 0.25) is 0 Å². The Kier molecular flexibility index (Phi) is 23.4. The van der Waals surface area contributed by atoms with Crippen LogP contribution in [0.3, 0.4) is 0 Å². The Hall–Kier alpha value is -2.86. The van der Waals surface area contributed by atoms with Crippen molar-refractivity contribution in [3.8, 4) is 0 Å². The molecule has 0 aromatic carbocycles. The number of aliphatic hydroxyl groups excluding tert-OH is 11. The van der Waals surface area contributed by atoms with Gasteiger partial charge in [-0.3, -0.25) is 9.59 Å². The van der Waals surface area contributed by atoms with Crippen LogP contribution in [0.5, 0.6) is 0 Å². The van der Waals surface area contributed by atoms with Crippen LogP contribution in [0.4, 0.5) is 0 Å². The molecule has 21 atom stereocenters. The summed E-state index contributed by atoms with van der Waals surface area (Å²) < 4.78 is 51.0. The number of rotatable bonds is 24. The summed E-state index contributed by atoms with van der Waals surface area (Å²) in [5.41, 5.74) is 1.96. The molecule has 70 heavy (non-hydrogen) atoms. The lowest BCUT2D eigenvalue weighted by atomic mass is 9.95. The van der Waals surface area contributed by atoms with Crippen molar-refractivity contribution >= 4 is 11.9 Å². The van der Waals surface area contributed by atoms with Crippen LogP contribution in [-0.4, -0.2) is 221 Å². The third-order valence-corrected chi connectivity index (χ3v) is 12.9. The fourth-order valence-corrected chi connectivity index (χ4v) is 8.22. The summed E-state index contributed by atoms with van der Waals surface area (Å²) in [4.78, 5) is 23.2. The molecule has 0 aromatic rings. The van der Waals surface area contributed by atoms with Crippen LogP contribution in [0, 0.1) is 0 Å². The average molecular weight is 1010 g/mol. The van der Waals surface area contributed by atoms with Gasteiger partial charge in [-0.1, -0.05) is 41.0 Å². The number of hydrogen-bond donors (Lipinski definition) is 12. The Morgan fingerprint density at radius 1 is 0.600 bits per heavy atom. The Bertz CT molecular complexity index is 1760. The molecule has 0 unspecified atom stereocenters. The van der Waals surface area contributed by atoms with Gasteiger partial charge in [-0.2, -0.15) is 0 Å². The molecule has 0 bridgehead atoms. The highest BCUT2D eigenvalue weighted by molar-refractivity contribution is 5.90. The molecule has 23 nitrogen and oxygen atoms in total. The van der Waals surface area contributed by atoms with Gasteiger partial charge >= 0.3 is 11.9 Å². The zero-order valence-corrected chi connectivity index (χ0v) is 40.5. The average Bonchev–Trinajstić information content (AvgIpc) is 3.31. The molecule has 4 fully saturated rings. The quantitative estimate of drug-likeness (QED) is 0.0297. The van der Waals surface area contributed by atoms with Crippen LogP contribution in [0.1, 0.15) is 86.5 Å². The van der Waals surface area contributed by atoms with Crippen LogP contribution in [0.15, 0.2) is 47.6 Å². The molecule has 4 heterocycles. The molecule has 4 rings (SSSR count). The number of carboxylic acids is 1. The highest BCUT2D eigenvalue weighted by Crippen LogP contribution is 2.34. The van der Waals surface area contributed by atoms with Gasteiger partial charge in [0.05, 0.1) is 31.0 Å². The Morgan fingerprint density at radius 3 is 1.56 bits per heavy atom. The third-order valence-electron chi connectivity index (χ3n) is 12.9. The smallest absolute Gasteiger partial charge is 0.317 e. The van der Waals surface area contributed by atoms with Crippen molar-refractivity contribution in [2.45, 2.75) is 215 Å². The van der Waals surface area contributed by atoms with Crippen molar-refractivity contribution in [3.63, 3.8) is 0 Å². The first-order chi connectivity index (χ1) is 32.9. The van der Waals surface area contributed by atoms with Gasteiger partial charge in [-0.05, 0) is 80.1 Å². The number of carboxylic acid groups (broad SMARTS) is 1. The van der Waals surface area contributed by atoms with E-state index in [0.717, 1.165) is 36.0 Å². The summed E-state index contributed by atoms with van der Waals surface area (Å²) in [6.07, 6.45) is -19.2. The number of aliphatic hydroxyl groups is 11. The Labute approximate surface area is 407 Å². The molecule has 12 N–H and O–H groups in total. The van der Waals surface area contributed by atoms with Crippen molar-refractivity contribution in [1.29, 1.82) is 0 Å². The number of carbonyl (C=O) groups excluding carboxylic acids is 1. The van der Waals surface area contributed by atoms with Gasteiger partial charge in [-0.25, -0.2) is 0 Å². The molecule has 0 aromatic heterocycles. The second kappa shape index (κ2) is 27.4. The molecule has 0 radical (unpaired) electrons. The van der Waals surface area contributed by atoms with Crippen LogP contribution in [0.2, 0.25) is 0 Å². The van der Waals surface area contributed by atoms with E-state index in [0.29, 0.717) is 19.3 Å². The van der Waals surface area contributed by atoms with Gasteiger partial charge in [0.15, 0.2) is 25.2 Å². The highest BCUT2D eigenvalue weighted by atomic mass is 16.8. The summed E-state index contributed by atoms with van der Waals surface area (Å²) in [5.74, 6) is -2.57. The van der Waals surface area contributed by atoms with Crippen molar-refractivity contribution in [2.75, 3.05) is 19.8 Å². The van der Waals surface area contributed by atoms with E-state index in [4.69, 9.17) is 47.7 Å². The van der Waals surface area contributed by atoms with Crippen LogP contribution in [-0.2, 0) is 52.2 Å². The van der Waals surface area contributed by atoms with Gasteiger partial charge in [0.25, 0.3) is 0 Å². The van der Waals surface area contributed by atoms with Crippen LogP contribution < -0.4 is 0 Å². The fourth-order valence-electron chi connectivity index (χ4n) is 8.22. The first-order valence-electron chi connectivity index (χ1n) is 23.5. The van der Waals surface area contributed by atoms with Gasteiger partial charge in [0, 0.05) is 0 Å². The van der Waals surface area contributed by atoms with Gasteiger partial charge in [-0.15, -0.1) is 6.58 Å². The molecule has 23 heteroatoms. The summed E-state index contributed by atoms with van der Waals surface area (Å²) >= 11 is 0. The fraction of sp³-hybridized carbons (Fsp3) is 0.787. The predicted molar refractivity (Wildman–Crippen MR) is 241 cm³/mol. The summed E-state index contributed by atoms with van der Waals surface area (Å²) in [6, 6.07) is 0. The molecular weight excluding hydrogens is 932 g/mol. The zero-order chi connectivity index (χ0) is 52.2. The predicted octanol–water partition coefficient (Wildman–Crippen LogP) is -1.53. The van der Waals surface area contributed by atoms with E-state index in [1.54, 1.807) is 6.92 Å². The Balaban J connectivity index is 1.23. The molecule has 0 amide bonds. The van der Waals surface area contributed by atoms with E-state index in [1.807, 2.05) is 32.9 Å². The number of ether oxygens (including phenoxy) is 9. The minimum absolute atomic E-state index is 0.0488. The van der Waals surface area contributed by atoms with E-state index in [1.165, 1.54) is 19.9 Å². The standard InChI is InChI=1S/C47H76O23/c1-8-47(7,70-46-40(61)36(57)42(28(67-46)21-62-30(51)18-29(49)50)69-45-38(59)34(55)32(53)26(6)65-45)17-11-16-23(3)13-9-12-22(2)14-10-15-24(4)20-63-43-39(60)35(56)41(27(19-48)66-43)68-44-37(58)33(54)31(52)25(5)64-44/h8,12,15-16,25-28,31-46,48,52-61H,1,9-11,13-14,17-21H2,2-7H3,(H,49,50)/b22-12+,23-16+,24-15-/t25-,26-,27+,28+,31-,32-,33+,34+,35+,36+,37+,38+,39+,40+,41-,42+,43+,44-,45-,46-,47+/m0/s1. The number of aliphatic carboxylic acids is 1. The molecule has 4 aliphatic heterocycles. The molecule has 0 saturated carbocycles. The molecule has 0 spiro atoms. The number of allylic oxidation sites excluding steroid dienone is 5. The monoisotopic (exact) mass is 1010 g/mol. The topological polar surface area (TPSA) is 360 Å². The lowest BCUT2D eigenvalue weighted by Crippen LogP contribution is -2.64. The van der Waals surface area contributed by atoms with Gasteiger partial charge < -0.3 is 104 Å². The third kappa shape index (κ3) is 16.3. The first kappa shape index (κ1) is 59.7.